The molecule has 0 saturated carbocycles. The molecule has 2 aromatic rings. The number of ether oxygens (including phenoxy) is 1. The van der Waals surface area contributed by atoms with Crippen LogP contribution in [0.15, 0.2) is 54.6 Å². The standard InChI is InChI=1S/C23H29N3O3/c1-17(2)25(3)22(27)15-21-23(28)24-12-13-26(21)16-18-8-7-11-20(14-18)29-19-9-5-4-6-10-19/h4-11,14,17,21H,12-13,15-16H2,1-3H3,(H,24,28)/t21-/m1/s1. The molecule has 1 fully saturated rings. The fraction of sp³-hybridized carbons (Fsp3) is 0.391. The highest BCUT2D eigenvalue weighted by molar-refractivity contribution is 5.88. The molecule has 2 amide bonds. The van der Waals surface area contributed by atoms with Gasteiger partial charge in [-0.25, -0.2) is 0 Å². The third kappa shape index (κ3) is 5.57. The van der Waals surface area contributed by atoms with Crippen molar-refractivity contribution in [1.29, 1.82) is 0 Å². The zero-order valence-electron chi connectivity index (χ0n) is 17.3. The Bertz CT molecular complexity index is 838. The maximum Gasteiger partial charge on any atom is 0.237 e. The van der Waals surface area contributed by atoms with Crippen molar-refractivity contribution in [2.24, 2.45) is 0 Å². The van der Waals surface area contributed by atoms with Gasteiger partial charge in [0.1, 0.15) is 11.5 Å². The number of hydrogen-bond donors (Lipinski definition) is 1. The predicted octanol–water partition coefficient (Wildman–Crippen LogP) is 3.04. The van der Waals surface area contributed by atoms with Crippen LogP contribution in [0.4, 0.5) is 0 Å². The first-order valence-corrected chi connectivity index (χ1v) is 10.0. The number of nitrogens with one attached hydrogen (secondary N) is 1. The number of carbonyl (C=O) groups is 2. The largest absolute Gasteiger partial charge is 0.457 e. The second-order valence-electron chi connectivity index (χ2n) is 7.64. The Morgan fingerprint density at radius 1 is 1.17 bits per heavy atom. The zero-order valence-corrected chi connectivity index (χ0v) is 17.3. The average Bonchev–Trinajstić information content (AvgIpc) is 2.71. The lowest BCUT2D eigenvalue weighted by atomic mass is 10.1. The molecule has 1 N–H and O–H groups in total. The summed E-state index contributed by atoms with van der Waals surface area (Å²) in [6.07, 6.45) is 0.181. The van der Waals surface area contributed by atoms with Crippen LogP contribution in [0.3, 0.4) is 0 Å². The molecule has 0 bridgehead atoms. The molecule has 0 radical (unpaired) electrons. The molecule has 6 heteroatoms. The van der Waals surface area contributed by atoms with Gasteiger partial charge in [0, 0.05) is 32.7 Å². The van der Waals surface area contributed by atoms with E-state index in [1.54, 1.807) is 11.9 Å². The van der Waals surface area contributed by atoms with Gasteiger partial charge in [-0.15, -0.1) is 0 Å². The van der Waals surface area contributed by atoms with Crippen LogP contribution in [-0.4, -0.2) is 53.8 Å². The lowest BCUT2D eigenvalue weighted by Gasteiger charge is -2.36. The molecule has 1 aliphatic rings. The van der Waals surface area contributed by atoms with E-state index in [1.165, 1.54) is 0 Å². The van der Waals surface area contributed by atoms with E-state index in [0.717, 1.165) is 17.1 Å². The highest BCUT2D eigenvalue weighted by Crippen LogP contribution is 2.23. The summed E-state index contributed by atoms with van der Waals surface area (Å²) < 4.78 is 5.92. The highest BCUT2D eigenvalue weighted by Gasteiger charge is 2.32. The average molecular weight is 396 g/mol. The minimum atomic E-state index is -0.462. The Morgan fingerprint density at radius 3 is 2.62 bits per heavy atom. The number of carbonyl (C=O) groups excluding carboxylic acids is 2. The van der Waals surface area contributed by atoms with Crippen molar-refractivity contribution in [3.8, 4) is 11.5 Å². The maximum absolute atomic E-state index is 12.6. The SMILES string of the molecule is CC(C)N(C)C(=O)C[C@@H]1C(=O)NCCN1Cc1cccc(Oc2ccccc2)c1. The first-order chi connectivity index (χ1) is 13.9. The van der Waals surface area contributed by atoms with E-state index in [1.807, 2.05) is 68.4 Å². The van der Waals surface area contributed by atoms with Crippen LogP contribution in [0.5, 0.6) is 11.5 Å². The van der Waals surface area contributed by atoms with Gasteiger partial charge in [0.05, 0.1) is 12.5 Å². The molecule has 2 aromatic carbocycles. The van der Waals surface area contributed by atoms with Crippen molar-refractivity contribution in [2.45, 2.75) is 38.9 Å². The molecule has 154 valence electrons. The van der Waals surface area contributed by atoms with Crippen molar-refractivity contribution < 1.29 is 14.3 Å². The molecule has 1 atom stereocenters. The summed E-state index contributed by atoms with van der Waals surface area (Å²) in [5.41, 5.74) is 1.04. The molecule has 0 aromatic heterocycles. The molecule has 1 aliphatic heterocycles. The van der Waals surface area contributed by atoms with E-state index in [-0.39, 0.29) is 24.3 Å². The number of nitrogens with zero attached hydrogens (tertiary/aromatic N) is 2. The first-order valence-electron chi connectivity index (χ1n) is 10.0. The summed E-state index contributed by atoms with van der Waals surface area (Å²) in [5.74, 6) is 1.43. The summed E-state index contributed by atoms with van der Waals surface area (Å²) >= 11 is 0. The van der Waals surface area contributed by atoms with E-state index in [4.69, 9.17) is 4.74 Å². The van der Waals surface area contributed by atoms with Crippen LogP contribution in [0.2, 0.25) is 0 Å². The van der Waals surface area contributed by atoms with Gasteiger partial charge >= 0.3 is 0 Å². The van der Waals surface area contributed by atoms with Gasteiger partial charge in [-0.05, 0) is 43.7 Å². The third-order valence-electron chi connectivity index (χ3n) is 5.24. The van der Waals surface area contributed by atoms with E-state index < -0.39 is 6.04 Å². The number of benzene rings is 2. The Morgan fingerprint density at radius 2 is 1.90 bits per heavy atom. The van der Waals surface area contributed by atoms with Crippen LogP contribution < -0.4 is 10.1 Å². The van der Waals surface area contributed by atoms with Crippen molar-refractivity contribution >= 4 is 11.8 Å². The zero-order chi connectivity index (χ0) is 20.8. The minimum Gasteiger partial charge on any atom is -0.457 e. The van der Waals surface area contributed by atoms with Gasteiger partial charge in [0.25, 0.3) is 0 Å². The number of piperazine rings is 1. The van der Waals surface area contributed by atoms with Crippen molar-refractivity contribution in [2.75, 3.05) is 20.1 Å². The van der Waals surface area contributed by atoms with E-state index in [2.05, 4.69) is 10.2 Å². The molecular formula is C23H29N3O3. The van der Waals surface area contributed by atoms with Crippen LogP contribution in [0.1, 0.15) is 25.8 Å². The van der Waals surface area contributed by atoms with Gasteiger partial charge < -0.3 is 15.0 Å². The van der Waals surface area contributed by atoms with E-state index in [0.29, 0.717) is 19.6 Å². The van der Waals surface area contributed by atoms with E-state index >= 15 is 0 Å². The fourth-order valence-electron chi connectivity index (χ4n) is 3.34. The molecule has 0 unspecified atom stereocenters. The fourth-order valence-corrected chi connectivity index (χ4v) is 3.34. The molecule has 29 heavy (non-hydrogen) atoms. The van der Waals surface area contributed by atoms with Crippen molar-refractivity contribution in [3.63, 3.8) is 0 Å². The molecule has 1 saturated heterocycles. The number of hydrogen-bond acceptors (Lipinski definition) is 4. The molecular weight excluding hydrogens is 366 g/mol. The quantitative estimate of drug-likeness (QED) is 0.783. The summed E-state index contributed by atoms with van der Waals surface area (Å²) in [6.45, 7) is 5.81. The smallest absolute Gasteiger partial charge is 0.237 e. The normalized spacial score (nSPS) is 17.1. The van der Waals surface area contributed by atoms with Crippen LogP contribution in [0, 0.1) is 0 Å². The van der Waals surface area contributed by atoms with Gasteiger partial charge in [0.2, 0.25) is 11.8 Å². The highest BCUT2D eigenvalue weighted by atomic mass is 16.5. The Kier molecular flexibility index (Phi) is 6.88. The number of para-hydroxylation sites is 1. The molecule has 6 nitrogen and oxygen atoms in total. The summed E-state index contributed by atoms with van der Waals surface area (Å²) in [7, 11) is 1.78. The molecule has 1 heterocycles. The maximum atomic E-state index is 12.6. The third-order valence-corrected chi connectivity index (χ3v) is 5.24. The summed E-state index contributed by atoms with van der Waals surface area (Å²) in [6, 6.07) is 17.1. The molecule has 0 spiro atoms. The Hall–Kier alpha value is -2.86. The number of amides is 2. The number of rotatable bonds is 7. The molecule has 0 aliphatic carbocycles. The second kappa shape index (κ2) is 9.56. The van der Waals surface area contributed by atoms with Crippen molar-refractivity contribution in [3.05, 3.63) is 60.2 Å². The Labute approximate surface area is 172 Å². The second-order valence-corrected chi connectivity index (χ2v) is 7.64. The minimum absolute atomic E-state index is 0.0202. The van der Waals surface area contributed by atoms with Crippen LogP contribution in [-0.2, 0) is 16.1 Å². The van der Waals surface area contributed by atoms with E-state index in [9.17, 15) is 9.59 Å². The molecule has 3 rings (SSSR count). The van der Waals surface area contributed by atoms with Gasteiger partial charge in [-0.1, -0.05) is 30.3 Å². The lowest BCUT2D eigenvalue weighted by Crippen LogP contribution is -2.56. The summed E-state index contributed by atoms with van der Waals surface area (Å²) in [4.78, 5) is 28.8. The van der Waals surface area contributed by atoms with Crippen LogP contribution >= 0.6 is 0 Å². The van der Waals surface area contributed by atoms with Crippen molar-refractivity contribution in [1.82, 2.24) is 15.1 Å². The van der Waals surface area contributed by atoms with Crippen LogP contribution in [0.25, 0.3) is 0 Å². The predicted molar refractivity (Wildman–Crippen MR) is 113 cm³/mol. The lowest BCUT2D eigenvalue weighted by molar-refractivity contribution is -0.139. The topological polar surface area (TPSA) is 61.9 Å². The van der Waals surface area contributed by atoms with Gasteiger partial charge in [-0.2, -0.15) is 0 Å². The summed E-state index contributed by atoms with van der Waals surface area (Å²) in [5, 5.41) is 2.89. The first kappa shape index (κ1) is 20.9. The van der Waals surface area contributed by atoms with Gasteiger partial charge in [-0.3, -0.25) is 14.5 Å². The Balaban J connectivity index is 1.70. The van der Waals surface area contributed by atoms with Gasteiger partial charge in [0.15, 0.2) is 0 Å². The monoisotopic (exact) mass is 395 g/mol.